The van der Waals surface area contributed by atoms with Gasteiger partial charge in [-0.05, 0) is 36.5 Å². The summed E-state index contributed by atoms with van der Waals surface area (Å²) in [7, 11) is 0. The van der Waals surface area contributed by atoms with Crippen LogP contribution in [0.5, 0.6) is 0 Å². The summed E-state index contributed by atoms with van der Waals surface area (Å²) in [5, 5.41) is 9.81. The van der Waals surface area contributed by atoms with Crippen molar-refractivity contribution < 1.29 is 18.3 Å². The second-order valence-corrected chi connectivity index (χ2v) is 4.86. The molecule has 0 aliphatic carbocycles. The molecule has 0 amide bonds. The van der Waals surface area contributed by atoms with Gasteiger partial charge in [-0.3, -0.25) is 0 Å². The number of hydrogen-bond donors (Lipinski definition) is 2. The lowest BCUT2D eigenvalue weighted by Crippen LogP contribution is -2.27. The fourth-order valence-corrected chi connectivity index (χ4v) is 1.67. The topological polar surface area (TPSA) is 46.2 Å². The molecule has 0 aliphatic rings. The van der Waals surface area contributed by atoms with Crippen LogP contribution in [0.3, 0.4) is 0 Å². The van der Waals surface area contributed by atoms with Crippen molar-refractivity contribution in [1.82, 2.24) is 0 Å². The average Bonchev–Trinajstić information content (AvgIpc) is 2.31. The number of hydrogen-bond acceptors (Lipinski definition) is 2. The molecule has 18 heavy (non-hydrogen) atoms. The van der Waals surface area contributed by atoms with E-state index in [1.54, 1.807) is 0 Å². The zero-order chi connectivity index (χ0) is 13.9. The molecule has 3 N–H and O–H groups in total. The van der Waals surface area contributed by atoms with Gasteiger partial charge < -0.3 is 10.8 Å². The van der Waals surface area contributed by atoms with Crippen LogP contribution in [-0.2, 0) is 0 Å². The van der Waals surface area contributed by atoms with Gasteiger partial charge in [0.15, 0.2) is 17.5 Å². The van der Waals surface area contributed by atoms with Crippen LogP contribution < -0.4 is 5.73 Å². The molecule has 0 radical (unpaired) electrons. The number of aliphatic hydroxyl groups excluding tert-OH is 1. The standard InChI is InChI=1S/C13H18F3NO/c1-7(2)3-4-11(18)13(17)8-5-9(14)12(16)10(15)6-8/h5-7,11,13,18H,3-4,17H2,1-2H3/t11-,13+/m0/s1. The van der Waals surface area contributed by atoms with E-state index in [2.05, 4.69) is 0 Å². The minimum Gasteiger partial charge on any atom is -0.391 e. The van der Waals surface area contributed by atoms with Crippen molar-refractivity contribution in [2.45, 2.75) is 38.8 Å². The Hall–Kier alpha value is -1.07. The molecule has 1 aromatic carbocycles. The SMILES string of the molecule is CC(C)CC[C@H](O)[C@H](N)c1cc(F)c(F)c(F)c1. The number of nitrogens with two attached hydrogens (primary N) is 1. The van der Waals surface area contributed by atoms with Gasteiger partial charge in [-0.15, -0.1) is 0 Å². The highest BCUT2D eigenvalue weighted by Gasteiger charge is 2.20. The lowest BCUT2D eigenvalue weighted by atomic mass is 9.96. The van der Waals surface area contributed by atoms with Crippen LogP contribution in [-0.4, -0.2) is 11.2 Å². The molecule has 2 nitrogen and oxygen atoms in total. The zero-order valence-corrected chi connectivity index (χ0v) is 10.5. The van der Waals surface area contributed by atoms with Crippen LogP contribution >= 0.6 is 0 Å². The quantitative estimate of drug-likeness (QED) is 0.800. The van der Waals surface area contributed by atoms with E-state index in [9.17, 15) is 18.3 Å². The lowest BCUT2D eigenvalue weighted by Gasteiger charge is -2.20. The molecule has 2 atom stereocenters. The minimum absolute atomic E-state index is 0.0580. The first-order valence-corrected chi connectivity index (χ1v) is 5.91. The van der Waals surface area contributed by atoms with Gasteiger partial charge in [0.2, 0.25) is 0 Å². The highest BCUT2D eigenvalue weighted by Crippen LogP contribution is 2.22. The molecule has 0 unspecified atom stereocenters. The van der Waals surface area contributed by atoms with Gasteiger partial charge >= 0.3 is 0 Å². The Labute approximate surface area is 105 Å². The molecule has 5 heteroatoms. The van der Waals surface area contributed by atoms with Crippen LogP contribution in [0.15, 0.2) is 12.1 Å². The molecule has 0 saturated carbocycles. The fraction of sp³-hybridized carbons (Fsp3) is 0.538. The summed E-state index contributed by atoms with van der Waals surface area (Å²) in [6.07, 6.45) is 0.275. The summed E-state index contributed by atoms with van der Waals surface area (Å²) in [6, 6.07) is 0.719. The van der Waals surface area contributed by atoms with Gasteiger partial charge in [0.1, 0.15) is 0 Å². The Kier molecular flexibility index (Phi) is 5.16. The van der Waals surface area contributed by atoms with Crippen LogP contribution in [0.4, 0.5) is 13.2 Å². The number of halogens is 3. The molecule has 0 fully saturated rings. The Bertz CT molecular complexity index is 386. The van der Waals surface area contributed by atoms with E-state index in [1.807, 2.05) is 13.8 Å². The van der Waals surface area contributed by atoms with Crippen molar-refractivity contribution in [2.75, 3.05) is 0 Å². The van der Waals surface area contributed by atoms with Crippen LogP contribution in [0, 0.1) is 23.4 Å². The van der Waals surface area contributed by atoms with Crippen LogP contribution in [0.2, 0.25) is 0 Å². The summed E-state index contributed by atoms with van der Waals surface area (Å²) in [4.78, 5) is 0. The second-order valence-electron chi connectivity index (χ2n) is 4.86. The van der Waals surface area contributed by atoms with E-state index in [0.29, 0.717) is 12.3 Å². The van der Waals surface area contributed by atoms with Crippen LogP contribution in [0.25, 0.3) is 0 Å². The predicted molar refractivity (Wildman–Crippen MR) is 63.3 cm³/mol. The summed E-state index contributed by atoms with van der Waals surface area (Å²) in [5.41, 5.74) is 5.76. The smallest absolute Gasteiger partial charge is 0.194 e. The largest absolute Gasteiger partial charge is 0.391 e. The molecule has 1 rings (SSSR count). The van der Waals surface area contributed by atoms with Gasteiger partial charge in [-0.2, -0.15) is 0 Å². The molecule has 1 aromatic rings. The van der Waals surface area contributed by atoms with E-state index in [-0.39, 0.29) is 5.56 Å². The molecular weight excluding hydrogens is 243 g/mol. The van der Waals surface area contributed by atoms with E-state index < -0.39 is 29.6 Å². The van der Waals surface area contributed by atoms with Crippen LogP contribution in [0.1, 0.15) is 38.3 Å². The number of aliphatic hydroxyl groups is 1. The Balaban J connectivity index is 2.80. The maximum absolute atomic E-state index is 13.0. The highest BCUT2D eigenvalue weighted by atomic mass is 19.2. The van der Waals surface area contributed by atoms with Crippen molar-refractivity contribution in [1.29, 1.82) is 0 Å². The maximum atomic E-state index is 13.0. The van der Waals surface area contributed by atoms with Crippen molar-refractivity contribution in [2.24, 2.45) is 11.7 Å². The van der Waals surface area contributed by atoms with E-state index in [4.69, 9.17) is 5.73 Å². The molecule has 0 heterocycles. The Morgan fingerprint density at radius 1 is 1.11 bits per heavy atom. The monoisotopic (exact) mass is 261 g/mol. The van der Waals surface area contributed by atoms with Gasteiger partial charge in [-0.25, -0.2) is 13.2 Å². The van der Waals surface area contributed by atoms with Gasteiger partial charge in [0, 0.05) is 0 Å². The van der Waals surface area contributed by atoms with E-state index in [1.165, 1.54) is 0 Å². The molecule has 0 saturated heterocycles. The van der Waals surface area contributed by atoms with Crippen molar-refractivity contribution in [3.05, 3.63) is 35.1 Å². The second kappa shape index (κ2) is 6.20. The number of rotatable bonds is 5. The summed E-state index contributed by atoms with van der Waals surface area (Å²) in [6.45, 7) is 3.99. The minimum atomic E-state index is -1.53. The van der Waals surface area contributed by atoms with E-state index >= 15 is 0 Å². The van der Waals surface area contributed by atoms with Gasteiger partial charge in [-0.1, -0.05) is 13.8 Å². The van der Waals surface area contributed by atoms with Crippen molar-refractivity contribution in [3.63, 3.8) is 0 Å². The number of benzene rings is 1. The highest BCUT2D eigenvalue weighted by molar-refractivity contribution is 5.23. The van der Waals surface area contributed by atoms with Crippen molar-refractivity contribution in [3.8, 4) is 0 Å². The Morgan fingerprint density at radius 2 is 1.61 bits per heavy atom. The third kappa shape index (κ3) is 3.71. The fourth-order valence-electron chi connectivity index (χ4n) is 1.67. The van der Waals surface area contributed by atoms with Gasteiger partial charge in [0.05, 0.1) is 12.1 Å². The first kappa shape index (κ1) is 15.0. The Morgan fingerprint density at radius 3 is 2.06 bits per heavy atom. The predicted octanol–water partition coefficient (Wildman–Crippen LogP) is 2.90. The third-order valence-corrected chi connectivity index (χ3v) is 2.85. The third-order valence-electron chi connectivity index (χ3n) is 2.85. The first-order chi connectivity index (χ1) is 8.32. The molecule has 0 bridgehead atoms. The summed E-state index contributed by atoms with van der Waals surface area (Å²) < 4.78 is 38.8. The lowest BCUT2D eigenvalue weighted by molar-refractivity contribution is 0.128. The zero-order valence-electron chi connectivity index (χ0n) is 10.5. The first-order valence-electron chi connectivity index (χ1n) is 5.91. The molecule has 0 aliphatic heterocycles. The molecular formula is C13H18F3NO. The van der Waals surface area contributed by atoms with Crippen molar-refractivity contribution >= 4 is 0 Å². The average molecular weight is 261 g/mol. The summed E-state index contributed by atoms with van der Waals surface area (Å²) in [5.74, 6) is -3.72. The molecule has 0 aromatic heterocycles. The van der Waals surface area contributed by atoms with E-state index in [0.717, 1.165) is 18.6 Å². The maximum Gasteiger partial charge on any atom is 0.194 e. The van der Waals surface area contributed by atoms with Gasteiger partial charge in [0.25, 0.3) is 0 Å². The summed E-state index contributed by atoms with van der Waals surface area (Å²) >= 11 is 0. The molecule has 102 valence electrons. The normalized spacial score (nSPS) is 14.9. The molecule has 0 spiro atoms.